The van der Waals surface area contributed by atoms with Crippen molar-refractivity contribution in [3.63, 3.8) is 0 Å². The maximum atomic E-state index is 11.3. The first kappa shape index (κ1) is 17.0. The third-order valence-corrected chi connectivity index (χ3v) is 4.60. The van der Waals surface area contributed by atoms with Crippen molar-refractivity contribution in [3.8, 4) is 11.8 Å². The highest BCUT2D eigenvalue weighted by molar-refractivity contribution is 5.33. The lowest BCUT2D eigenvalue weighted by Gasteiger charge is -2.29. The fourth-order valence-electron chi connectivity index (χ4n) is 3.22. The average molecular weight is 301 g/mol. The van der Waals surface area contributed by atoms with Crippen LogP contribution in [0.25, 0.3) is 0 Å². The predicted octanol–water partition coefficient (Wildman–Crippen LogP) is 2.38. The number of hydrogen-bond acceptors (Lipinski definition) is 3. The van der Waals surface area contributed by atoms with E-state index >= 15 is 0 Å². The van der Waals surface area contributed by atoms with Crippen LogP contribution >= 0.6 is 0 Å². The Morgan fingerprint density at radius 3 is 2.50 bits per heavy atom. The molecule has 0 amide bonds. The molecule has 1 aliphatic carbocycles. The van der Waals surface area contributed by atoms with Crippen LogP contribution in [0.15, 0.2) is 30.3 Å². The zero-order valence-corrected chi connectivity index (χ0v) is 13.5. The zero-order valence-electron chi connectivity index (χ0n) is 13.5. The van der Waals surface area contributed by atoms with E-state index in [1.165, 1.54) is 12.8 Å². The van der Waals surface area contributed by atoms with E-state index in [4.69, 9.17) is 5.11 Å². The SMILES string of the molecule is CCN(CC#C[C@](O)(c1ccccc1)C1CCCC1)CCO. The van der Waals surface area contributed by atoms with Crippen molar-refractivity contribution in [2.45, 2.75) is 38.2 Å². The predicted molar refractivity (Wildman–Crippen MR) is 89.3 cm³/mol. The van der Waals surface area contributed by atoms with E-state index in [-0.39, 0.29) is 12.5 Å². The Balaban J connectivity index is 2.19. The van der Waals surface area contributed by atoms with E-state index < -0.39 is 5.60 Å². The third-order valence-electron chi connectivity index (χ3n) is 4.60. The summed E-state index contributed by atoms with van der Waals surface area (Å²) in [6.07, 6.45) is 4.42. The Bertz CT molecular complexity index is 499. The first-order chi connectivity index (χ1) is 10.7. The lowest BCUT2D eigenvalue weighted by molar-refractivity contribution is 0.0367. The molecule has 0 unspecified atom stereocenters. The van der Waals surface area contributed by atoms with Crippen molar-refractivity contribution in [2.75, 3.05) is 26.2 Å². The monoisotopic (exact) mass is 301 g/mol. The molecule has 0 aromatic heterocycles. The minimum Gasteiger partial charge on any atom is -0.395 e. The second kappa shape index (κ2) is 8.33. The van der Waals surface area contributed by atoms with E-state index in [1.807, 2.05) is 30.3 Å². The van der Waals surface area contributed by atoms with Gasteiger partial charge in [0.2, 0.25) is 0 Å². The maximum absolute atomic E-state index is 11.3. The highest BCUT2D eigenvalue weighted by Gasteiger charge is 2.38. The van der Waals surface area contributed by atoms with Gasteiger partial charge in [0.1, 0.15) is 0 Å². The van der Waals surface area contributed by atoms with Gasteiger partial charge in [0, 0.05) is 12.5 Å². The number of hydrogen-bond donors (Lipinski definition) is 2. The van der Waals surface area contributed by atoms with Crippen LogP contribution in [0, 0.1) is 17.8 Å². The quantitative estimate of drug-likeness (QED) is 0.793. The van der Waals surface area contributed by atoms with Gasteiger partial charge in [-0.1, -0.05) is 61.9 Å². The molecule has 22 heavy (non-hydrogen) atoms. The summed E-state index contributed by atoms with van der Waals surface area (Å²) < 4.78 is 0. The summed E-state index contributed by atoms with van der Waals surface area (Å²) in [5.41, 5.74) is -0.143. The summed E-state index contributed by atoms with van der Waals surface area (Å²) in [4.78, 5) is 2.08. The number of likely N-dealkylation sites (N-methyl/N-ethyl adjacent to an activating group) is 1. The molecule has 0 saturated heterocycles. The molecule has 3 heteroatoms. The Labute approximate surface area is 134 Å². The van der Waals surface area contributed by atoms with E-state index in [0.29, 0.717) is 13.1 Å². The molecule has 0 aliphatic heterocycles. The molecule has 0 bridgehead atoms. The van der Waals surface area contributed by atoms with Crippen molar-refractivity contribution < 1.29 is 10.2 Å². The summed E-state index contributed by atoms with van der Waals surface area (Å²) in [6.45, 7) is 4.25. The summed E-state index contributed by atoms with van der Waals surface area (Å²) in [7, 11) is 0. The molecule has 2 rings (SSSR count). The fraction of sp³-hybridized carbons (Fsp3) is 0.579. The molecule has 0 radical (unpaired) electrons. The molecule has 1 saturated carbocycles. The van der Waals surface area contributed by atoms with Gasteiger partial charge in [-0.05, 0) is 24.9 Å². The van der Waals surface area contributed by atoms with Gasteiger partial charge in [0.25, 0.3) is 0 Å². The van der Waals surface area contributed by atoms with Crippen LogP contribution < -0.4 is 0 Å². The molecule has 1 atom stereocenters. The summed E-state index contributed by atoms with van der Waals surface area (Å²) >= 11 is 0. The smallest absolute Gasteiger partial charge is 0.153 e. The number of rotatable bonds is 6. The summed E-state index contributed by atoms with van der Waals surface area (Å²) in [6, 6.07) is 9.82. The normalized spacial score (nSPS) is 18.0. The largest absolute Gasteiger partial charge is 0.395 e. The Kier molecular flexibility index (Phi) is 6.45. The highest BCUT2D eigenvalue weighted by Crippen LogP contribution is 2.40. The molecule has 1 aliphatic rings. The van der Waals surface area contributed by atoms with Gasteiger partial charge >= 0.3 is 0 Å². The summed E-state index contributed by atoms with van der Waals surface area (Å²) in [5.74, 6) is 6.53. The topological polar surface area (TPSA) is 43.7 Å². The van der Waals surface area contributed by atoms with E-state index in [2.05, 4.69) is 23.7 Å². The molecule has 0 heterocycles. The van der Waals surface area contributed by atoms with E-state index in [1.54, 1.807) is 0 Å². The second-order valence-corrected chi connectivity index (χ2v) is 6.01. The van der Waals surface area contributed by atoms with Crippen LogP contribution in [-0.4, -0.2) is 41.4 Å². The van der Waals surface area contributed by atoms with Gasteiger partial charge < -0.3 is 10.2 Å². The van der Waals surface area contributed by atoms with Crippen LogP contribution in [0.2, 0.25) is 0 Å². The van der Waals surface area contributed by atoms with Gasteiger partial charge in [-0.15, -0.1) is 0 Å². The average Bonchev–Trinajstić information content (AvgIpc) is 3.09. The lowest BCUT2D eigenvalue weighted by atomic mass is 9.80. The first-order valence-corrected chi connectivity index (χ1v) is 8.32. The number of benzene rings is 1. The maximum Gasteiger partial charge on any atom is 0.153 e. The fourth-order valence-corrected chi connectivity index (χ4v) is 3.22. The molecule has 1 aromatic rings. The number of nitrogens with zero attached hydrogens (tertiary/aromatic N) is 1. The molecule has 120 valence electrons. The minimum absolute atomic E-state index is 0.140. The molecule has 1 aromatic carbocycles. The third kappa shape index (κ3) is 4.10. The van der Waals surface area contributed by atoms with Crippen LogP contribution in [-0.2, 0) is 5.60 Å². The highest BCUT2D eigenvalue weighted by atomic mass is 16.3. The van der Waals surface area contributed by atoms with Gasteiger partial charge in [-0.2, -0.15) is 0 Å². The van der Waals surface area contributed by atoms with Gasteiger partial charge in [0.05, 0.1) is 13.2 Å². The molecule has 0 spiro atoms. The summed E-state index contributed by atoms with van der Waals surface area (Å²) in [5, 5.41) is 20.3. The second-order valence-electron chi connectivity index (χ2n) is 6.01. The molecular formula is C19H27NO2. The Morgan fingerprint density at radius 2 is 1.91 bits per heavy atom. The standard InChI is InChI=1S/C19H27NO2/c1-2-20(15-16-21)14-8-13-19(22,18-11-6-7-12-18)17-9-4-3-5-10-17/h3-5,9-10,18,21-22H,2,6-7,11-12,14-16H2,1H3/t19-/m0/s1. The van der Waals surface area contributed by atoms with Crippen molar-refractivity contribution >= 4 is 0 Å². The Hall–Kier alpha value is -1.34. The van der Waals surface area contributed by atoms with Gasteiger partial charge in [-0.3, -0.25) is 4.90 Å². The number of aliphatic hydroxyl groups excluding tert-OH is 1. The molecule has 3 nitrogen and oxygen atoms in total. The minimum atomic E-state index is -1.05. The van der Waals surface area contributed by atoms with Crippen LogP contribution in [0.4, 0.5) is 0 Å². The van der Waals surface area contributed by atoms with E-state index in [0.717, 1.165) is 24.9 Å². The molecule has 2 N–H and O–H groups in total. The lowest BCUT2D eigenvalue weighted by Crippen LogP contribution is -2.33. The van der Waals surface area contributed by atoms with Crippen LogP contribution in [0.1, 0.15) is 38.2 Å². The zero-order chi connectivity index (χ0) is 15.8. The Morgan fingerprint density at radius 1 is 1.23 bits per heavy atom. The van der Waals surface area contributed by atoms with Gasteiger partial charge in [-0.25, -0.2) is 0 Å². The molecule has 1 fully saturated rings. The number of aliphatic hydroxyl groups is 2. The van der Waals surface area contributed by atoms with Crippen molar-refractivity contribution in [3.05, 3.63) is 35.9 Å². The van der Waals surface area contributed by atoms with E-state index in [9.17, 15) is 5.11 Å². The van der Waals surface area contributed by atoms with Crippen molar-refractivity contribution in [1.29, 1.82) is 0 Å². The van der Waals surface area contributed by atoms with Crippen molar-refractivity contribution in [2.24, 2.45) is 5.92 Å². The van der Waals surface area contributed by atoms with Crippen LogP contribution in [0.3, 0.4) is 0 Å². The van der Waals surface area contributed by atoms with Crippen molar-refractivity contribution in [1.82, 2.24) is 4.90 Å². The van der Waals surface area contributed by atoms with Crippen LogP contribution in [0.5, 0.6) is 0 Å². The first-order valence-electron chi connectivity index (χ1n) is 8.32. The molecular weight excluding hydrogens is 274 g/mol. The van der Waals surface area contributed by atoms with Gasteiger partial charge in [0.15, 0.2) is 5.60 Å².